The van der Waals surface area contributed by atoms with E-state index in [1.54, 1.807) is 0 Å². The average Bonchev–Trinajstić information content (AvgIpc) is 2.71. The van der Waals surface area contributed by atoms with Crippen LogP contribution in [0.15, 0.2) is 0 Å². The van der Waals surface area contributed by atoms with Gasteiger partial charge in [-0.05, 0) is 29.9 Å². The molecule has 4 nitrogen and oxygen atoms in total. The van der Waals surface area contributed by atoms with Crippen molar-refractivity contribution in [3.63, 3.8) is 0 Å². The van der Waals surface area contributed by atoms with E-state index < -0.39 is 0 Å². The van der Waals surface area contributed by atoms with E-state index in [9.17, 15) is 4.79 Å². The summed E-state index contributed by atoms with van der Waals surface area (Å²) in [4.78, 5) is 11.5. The van der Waals surface area contributed by atoms with Crippen LogP contribution in [0.5, 0.6) is 0 Å². The number of aromatic nitrogens is 2. The normalized spacial score (nSPS) is 17.9. The Kier molecular flexibility index (Phi) is 2.45. The van der Waals surface area contributed by atoms with Crippen LogP contribution in [-0.2, 0) is 0 Å². The van der Waals surface area contributed by atoms with E-state index in [1.807, 2.05) is 0 Å². The highest BCUT2D eigenvalue weighted by atomic mass is 35.5. The lowest BCUT2D eigenvalue weighted by Gasteiger charge is -2.07. The van der Waals surface area contributed by atoms with E-state index in [1.165, 1.54) is 12.8 Å². The van der Waals surface area contributed by atoms with Crippen molar-refractivity contribution in [1.29, 1.82) is 0 Å². The Hall–Kier alpha value is -0.680. The van der Waals surface area contributed by atoms with Crippen LogP contribution in [0.1, 0.15) is 29.6 Å². The minimum absolute atomic E-state index is 0.178. The van der Waals surface area contributed by atoms with E-state index in [0.29, 0.717) is 21.4 Å². The second kappa shape index (κ2) is 3.47. The number of carbonyl (C=O) groups excluding carboxylic acids is 1. The monoisotopic (exact) mass is 231 g/mol. The first-order chi connectivity index (χ1) is 6.59. The molecule has 1 heterocycles. The van der Waals surface area contributed by atoms with Gasteiger partial charge in [-0.15, -0.1) is 10.2 Å². The molecule has 1 aromatic rings. The van der Waals surface area contributed by atoms with Crippen LogP contribution in [0.2, 0.25) is 4.47 Å². The Bertz CT molecular complexity index is 361. The summed E-state index contributed by atoms with van der Waals surface area (Å²) in [5, 5.41) is 10.4. The molecule has 0 radical (unpaired) electrons. The SMILES string of the molecule is CC1(CNC(=O)c2nnc(Cl)s2)CC1. The van der Waals surface area contributed by atoms with Crippen molar-refractivity contribution in [3.05, 3.63) is 9.47 Å². The standard InChI is InChI=1S/C8H10ClN3OS/c1-8(2-3-8)4-10-5(13)6-11-12-7(9)14-6/h2-4H2,1H3,(H,10,13). The molecule has 1 aliphatic carbocycles. The van der Waals surface area contributed by atoms with Crippen LogP contribution in [0.4, 0.5) is 0 Å². The molecule has 1 aliphatic rings. The first-order valence-electron chi connectivity index (χ1n) is 4.36. The van der Waals surface area contributed by atoms with Crippen LogP contribution >= 0.6 is 22.9 Å². The highest BCUT2D eigenvalue weighted by Gasteiger charge is 2.37. The lowest BCUT2D eigenvalue weighted by Crippen LogP contribution is -2.28. The Labute approximate surface area is 90.7 Å². The fourth-order valence-corrected chi connectivity index (χ4v) is 1.80. The highest BCUT2D eigenvalue weighted by Crippen LogP contribution is 2.44. The van der Waals surface area contributed by atoms with Crippen molar-refractivity contribution in [1.82, 2.24) is 15.5 Å². The maximum absolute atomic E-state index is 11.5. The molecule has 14 heavy (non-hydrogen) atoms. The Balaban J connectivity index is 1.89. The third-order valence-electron chi connectivity index (χ3n) is 2.37. The summed E-state index contributed by atoms with van der Waals surface area (Å²) in [7, 11) is 0. The third kappa shape index (κ3) is 2.22. The number of hydrogen-bond acceptors (Lipinski definition) is 4. The van der Waals surface area contributed by atoms with Gasteiger partial charge in [-0.2, -0.15) is 0 Å². The topological polar surface area (TPSA) is 54.9 Å². The summed E-state index contributed by atoms with van der Waals surface area (Å²) in [6.45, 7) is 2.86. The quantitative estimate of drug-likeness (QED) is 0.862. The first-order valence-corrected chi connectivity index (χ1v) is 5.56. The van der Waals surface area contributed by atoms with Crippen LogP contribution in [0.3, 0.4) is 0 Å². The van der Waals surface area contributed by atoms with Crippen molar-refractivity contribution in [2.45, 2.75) is 19.8 Å². The molecule has 0 aromatic carbocycles. The van der Waals surface area contributed by atoms with Gasteiger partial charge >= 0.3 is 0 Å². The number of hydrogen-bond donors (Lipinski definition) is 1. The van der Waals surface area contributed by atoms with Crippen molar-refractivity contribution in [2.24, 2.45) is 5.41 Å². The van der Waals surface area contributed by atoms with E-state index in [2.05, 4.69) is 22.4 Å². The van der Waals surface area contributed by atoms with Gasteiger partial charge in [-0.1, -0.05) is 18.3 Å². The Morgan fingerprint density at radius 1 is 1.64 bits per heavy atom. The molecular weight excluding hydrogens is 222 g/mol. The molecule has 76 valence electrons. The molecule has 0 bridgehead atoms. The summed E-state index contributed by atoms with van der Waals surface area (Å²) >= 11 is 6.67. The smallest absolute Gasteiger partial charge is 0.282 e. The number of rotatable bonds is 3. The van der Waals surface area contributed by atoms with Gasteiger partial charge in [-0.3, -0.25) is 4.79 Å². The average molecular weight is 232 g/mol. The van der Waals surface area contributed by atoms with E-state index in [0.717, 1.165) is 11.3 Å². The summed E-state index contributed by atoms with van der Waals surface area (Å²) in [5.74, 6) is -0.178. The molecule has 0 aliphatic heterocycles. The molecule has 2 rings (SSSR count). The lowest BCUT2D eigenvalue weighted by molar-refractivity contribution is 0.0945. The molecule has 0 spiro atoms. The van der Waals surface area contributed by atoms with Crippen molar-refractivity contribution in [3.8, 4) is 0 Å². The summed E-state index contributed by atoms with van der Waals surface area (Å²) in [6, 6.07) is 0. The van der Waals surface area contributed by atoms with Gasteiger partial charge < -0.3 is 5.32 Å². The molecule has 1 fully saturated rings. The van der Waals surface area contributed by atoms with Crippen molar-refractivity contribution < 1.29 is 4.79 Å². The van der Waals surface area contributed by atoms with Gasteiger partial charge in [0.2, 0.25) is 9.47 Å². The van der Waals surface area contributed by atoms with Crippen LogP contribution < -0.4 is 5.32 Å². The summed E-state index contributed by atoms with van der Waals surface area (Å²) in [6.07, 6.45) is 2.37. The zero-order chi connectivity index (χ0) is 10.2. The number of nitrogens with zero attached hydrogens (tertiary/aromatic N) is 2. The van der Waals surface area contributed by atoms with Gasteiger partial charge in [0.1, 0.15) is 0 Å². The Morgan fingerprint density at radius 3 is 2.86 bits per heavy atom. The fourth-order valence-electron chi connectivity index (χ4n) is 1.06. The zero-order valence-corrected chi connectivity index (χ0v) is 9.28. The largest absolute Gasteiger partial charge is 0.349 e. The first kappa shape index (κ1) is 9.86. The second-order valence-corrected chi connectivity index (χ2v) is 5.41. The molecule has 1 saturated carbocycles. The van der Waals surface area contributed by atoms with Gasteiger partial charge in [-0.25, -0.2) is 0 Å². The molecule has 6 heteroatoms. The fraction of sp³-hybridized carbons (Fsp3) is 0.625. The molecule has 1 aromatic heterocycles. The summed E-state index contributed by atoms with van der Waals surface area (Å²) < 4.78 is 0.299. The maximum Gasteiger partial charge on any atom is 0.282 e. The van der Waals surface area contributed by atoms with E-state index in [4.69, 9.17) is 11.6 Å². The van der Waals surface area contributed by atoms with Gasteiger partial charge in [0.15, 0.2) is 0 Å². The number of carbonyl (C=O) groups is 1. The molecule has 0 unspecified atom stereocenters. The molecule has 1 amide bonds. The van der Waals surface area contributed by atoms with Crippen LogP contribution in [-0.4, -0.2) is 22.6 Å². The molecule has 0 atom stereocenters. The van der Waals surface area contributed by atoms with Gasteiger partial charge in [0.25, 0.3) is 5.91 Å². The lowest BCUT2D eigenvalue weighted by atomic mass is 10.1. The number of amides is 1. The minimum Gasteiger partial charge on any atom is -0.349 e. The highest BCUT2D eigenvalue weighted by molar-refractivity contribution is 7.17. The zero-order valence-electron chi connectivity index (χ0n) is 7.71. The van der Waals surface area contributed by atoms with E-state index >= 15 is 0 Å². The third-order valence-corrected chi connectivity index (χ3v) is 3.39. The van der Waals surface area contributed by atoms with Gasteiger partial charge in [0.05, 0.1) is 0 Å². The maximum atomic E-state index is 11.5. The van der Waals surface area contributed by atoms with Crippen LogP contribution in [0, 0.1) is 5.41 Å². The predicted octanol–water partition coefficient (Wildman–Crippen LogP) is 1.72. The minimum atomic E-state index is -0.178. The molecule has 0 saturated heterocycles. The van der Waals surface area contributed by atoms with Crippen molar-refractivity contribution >= 4 is 28.8 Å². The van der Waals surface area contributed by atoms with E-state index in [-0.39, 0.29) is 5.91 Å². The van der Waals surface area contributed by atoms with Crippen molar-refractivity contribution in [2.75, 3.05) is 6.54 Å². The molecular formula is C8H10ClN3OS. The van der Waals surface area contributed by atoms with Crippen LogP contribution in [0.25, 0.3) is 0 Å². The summed E-state index contributed by atoms with van der Waals surface area (Å²) in [5.41, 5.74) is 0.310. The number of nitrogens with one attached hydrogen (secondary N) is 1. The Morgan fingerprint density at radius 2 is 2.36 bits per heavy atom. The predicted molar refractivity (Wildman–Crippen MR) is 54.6 cm³/mol. The van der Waals surface area contributed by atoms with Gasteiger partial charge in [0, 0.05) is 6.54 Å². The number of halogens is 1. The molecule has 1 N–H and O–H groups in total. The second-order valence-electron chi connectivity index (χ2n) is 3.85.